The van der Waals surface area contributed by atoms with Crippen LogP contribution in [0, 0.1) is 5.92 Å². The predicted octanol–water partition coefficient (Wildman–Crippen LogP) is 0.759. The highest BCUT2D eigenvalue weighted by atomic mass is 19.3. The Morgan fingerprint density at radius 1 is 1.50 bits per heavy atom. The number of nitrogens with two attached hydrogens (primary N) is 1. The second-order valence-electron chi connectivity index (χ2n) is 3.48. The van der Waals surface area contributed by atoms with Crippen LogP contribution < -0.4 is 11.1 Å². The summed E-state index contributed by atoms with van der Waals surface area (Å²) in [5.74, 6) is -0.329. The Bertz CT molecular complexity index is 192. The number of carbonyl (C=O) groups is 1. The molecule has 16 heavy (non-hydrogen) atoms. The average molecular weight is 238 g/mol. The molecular formula is C10H20F2N2O2. The summed E-state index contributed by atoms with van der Waals surface area (Å²) in [4.78, 5) is 11.5. The van der Waals surface area contributed by atoms with Gasteiger partial charge in [0.05, 0.1) is 12.5 Å². The molecule has 0 spiro atoms. The van der Waals surface area contributed by atoms with Crippen molar-refractivity contribution in [2.75, 3.05) is 26.3 Å². The molecule has 1 unspecified atom stereocenters. The van der Waals surface area contributed by atoms with Gasteiger partial charge in [-0.15, -0.1) is 0 Å². The van der Waals surface area contributed by atoms with Crippen molar-refractivity contribution in [3.8, 4) is 0 Å². The third kappa shape index (κ3) is 7.53. The van der Waals surface area contributed by atoms with Crippen LogP contribution >= 0.6 is 0 Å². The second kappa shape index (κ2) is 9.47. The van der Waals surface area contributed by atoms with Crippen molar-refractivity contribution in [3.05, 3.63) is 0 Å². The van der Waals surface area contributed by atoms with E-state index in [1.54, 1.807) is 0 Å². The summed E-state index contributed by atoms with van der Waals surface area (Å²) in [5.41, 5.74) is 5.44. The molecule has 0 aromatic rings. The molecule has 3 N–H and O–H groups in total. The van der Waals surface area contributed by atoms with Gasteiger partial charge in [0.2, 0.25) is 5.91 Å². The molecule has 0 bridgehead atoms. The number of ether oxygens (including phenoxy) is 1. The van der Waals surface area contributed by atoms with Crippen LogP contribution in [0.15, 0.2) is 0 Å². The van der Waals surface area contributed by atoms with E-state index in [9.17, 15) is 13.6 Å². The Labute approximate surface area is 94.5 Å². The van der Waals surface area contributed by atoms with Gasteiger partial charge in [0.15, 0.2) is 0 Å². The number of amides is 1. The van der Waals surface area contributed by atoms with Crippen LogP contribution in [0.3, 0.4) is 0 Å². The molecule has 0 saturated heterocycles. The molecule has 0 saturated carbocycles. The van der Waals surface area contributed by atoms with Gasteiger partial charge in [0, 0.05) is 13.1 Å². The maximum Gasteiger partial charge on any atom is 0.261 e. The summed E-state index contributed by atoms with van der Waals surface area (Å²) >= 11 is 0. The van der Waals surface area contributed by atoms with E-state index < -0.39 is 13.0 Å². The SMILES string of the molecule is CCCC(CN)C(=O)NCCOCC(F)F. The summed E-state index contributed by atoms with van der Waals surface area (Å²) in [6.07, 6.45) is -0.843. The van der Waals surface area contributed by atoms with Crippen molar-refractivity contribution < 1.29 is 18.3 Å². The summed E-state index contributed by atoms with van der Waals surface area (Å²) in [7, 11) is 0. The van der Waals surface area contributed by atoms with Crippen molar-refractivity contribution in [2.24, 2.45) is 11.7 Å². The molecule has 0 aromatic heterocycles. The molecule has 0 radical (unpaired) electrons. The third-order valence-corrected chi connectivity index (χ3v) is 2.08. The quantitative estimate of drug-likeness (QED) is 0.583. The molecule has 0 aliphatic carbocycles. The molecule has 0 aliphatic rings. The Balaban J connectivity index is 3.55. The first-order valence-electron chi connectivity index (χ1n) is 5.45. The number of nitrogens with one attached hydrogen (secondary N) is 1. The Kier molecular flexibility index (Phi) is 9.03. The van der Waals surface area contributed by atoms with E-state index in [2.05, 4.69) is 10.1 Å². The van der Waals surface area contributed by atoms with Crippen LogP contribution in [0.25, 0.3) is 0 Å². The fraction of sp³-hybridized carbons (Fsp3) is 0.900. The number of carbonyl (C=O) groups excluding carboxylic acids is 1. The lowest BCUT2D eigenvalue weighted by Gasteiger charge is -2.13. The lowest BCUT2D eigenvalue weighted by Crippen LogP contribution is -2.36. The van der Waals surface area contributed by atoms with Crippen LogP contribution in [-0.4, -0.2) is 38.6 Å². The molecular weight excluding hydrogens is 218 g/mol. The monoisotopic (exact) mass is 238 g/mol. The highest BCUT2D eigenvalue weighted by Gasteiger charge is 2.14. The van der Waals surface area contributed by atoms with Gasteiger partial charge in [0.25, 0.3) is 6.43 Å². The smallest absolute Gasteiger partial charge is 0.261 e. The normalized spacial score (nSPS) is 12.8. The van der Waals surface area contributed by atoms with E-state index in [4.69, 9.17) is 5.73 Å². The van der Waals surface area contributed by atoms with Gasteiger partial charge in [-0.3, -0.25) is 4.79 Å². The molecule has 0 aliphatic heterocycles. The third-order valence-electron chi connectivity index (χ3n) is 2.08. The van der Waals surface area contributed by atoms with E-state index in [-0.39, 0.29) is 25.0 Å². The van der Waals surface area contributed by atoms with E-state index >= 15 is 0 Å². The Morgan fingerprint density at radius 3 is 2.69 bits per heavy atom. The van der Waals surface area contributed by atoms with E-state index in [0.29, 0.717) is 6.54 Å². The standard InChI is InChI=1S/C10H20F2N2O2/c1-2-3-8(6-13)10(15)14-4-5-16-7-9(11)12/h8-9H,2-7,13H2,1H3,(H,14,15). The van der Waals surface area contributed by atoms with Crippen LogP contribution in [0.1, 0.15) is 19.8 Å². The molecule has 4 nitrogen and oxygen atoms in total. The average Bonchev–Trinajstić information content (AvgIpc) is 2.24. The first kappa shape index (κ1) is 15.2. The molecule has 0 aromatic carbocycles. The molecule has 1 amide bonds. The van der Waals surface area contributed by atoms with Crippen molar-refractivity contribution in [1.29, 1.82) is 0 Å². The molecule has 0 heterocycles. The number of alkyl halides is 2. The minimum atomic E-state index is -2.47. The first-order valence-corrected chi connectivity index (χ1v) is 5.45. The van der Waals surface area contributed by atoms with Crippen LogP contribution in [0.5, 0.6) is 0 Å². The molecule has 6 heteroatoms. The molecule has 0 rings (SSSR count). The topological polar surface area (TPSA) is 64.4 Å². The molecule has 0 fully saturated rings. The van der Waals surface area contributed by atoms with Gasteiger partial charge in [-0.1, -0.05) is 13.3 Å². The highest BCUT2D eigenvalue weighted by Crippen LogP contribution is 2.03. The van der Waals surface area contributed by atoms with E-state index in [1.807, 2.05) is 6.92 Å². The maximum absolute atomic E-state index is 11.7. The van der Waals surface area contributed by atoms with Crippen LogP contribution in [0.4, 0.5) is 8.78 Å². The number of hydrogen-bond donors (Lipinski definition) is 2. The molecule has 96 valence electrons. The maximum atomic E-state index is 11.7. The van der Waals surface area contributed by atoms with E-state index in [1.165, 1.54) is 0 Å². The summed E-state index contributed by atoms with van der Waals surface area (Å²) in [6.45, 7) is 2.02. The van der Waals surface area contributed by atoms with Crippen molar-refractivity contribution >= 4 is 5.91 Å². The lowest BCUT2D eigenvalue weighted by atomic mass is 10.0. The van der Waals surface area contributed by atoms with Gasteiger partial charge in [-0.2, -0.15) is 0 Å². The summed E-state index contributed by atoms with van der Waals surface area (Å²) in [5, 5.41) is 2.60. The van der Waals surface area contributed by atoms with Gasteiger partial charge in [-0.05, 0) is 6.42 Å². The zero-order valence-electron chi connectivity index (χ0n) is 9.55. The van der Waals surface area contributed by atoms with E-state index in [0.717, 1.165) is 12.8 Å². The summed E-state index contributed by atoms with van der Waals surface area (Å²) in [6, 6.07) is 0. The van der Waals surface area contributed by atoms with Crippen LogP contribution in [0.2, 0.25) is 0 Å². The predicted molar refractivity (Wildman–Crippen MR) is 57.3 cm³/mol. The van der Waals surface area contributed by atoms with Gasteiger partial charge < -0.3 is 15.8 Å². The summed E-state index contributed by atoms with van der Waals surface area (Å²) < 4.78 is 28.0. The minimum absolute atomic E-state index is 0.0967. The highest BCUT2D eigenvalue weighted by molar-refractivity contribution is 5.78. The number of hydrogen-bond acceptors (Lipinski definition) is 3. The van der Waals surface area contributed by atoms with Crippen molar-refractivity contribution in [3.63, 3.8) is 0 Å². The minimum Gasteiger partial charge on any atom is -0.374 e. The fourth-order valence-electron chi connectivity index (χ4n) is 1.27. The largest absolute Gasteiger partial charge is 0.374 e. The van der Waals surface area contributed by atoms with Gasteiger partial charge >= 0.3 is 0 Å². The second-order valence-corrected chi connectivity index (χ2v) is 3.48. The number of halogens is 2. The zero-order chi connectivity index (χ0) is 12.4. The first-order chi connectivity index (χ1) is 7.61. The number of rotatable bonds is 9. The Hall–Kier alpha value is -0.750. The van der Waals surface area contributed by atoms with Crippen molar-refractivity contribution in [2.45, 2.75) is 26.2 Å². The fourth-order valence-corrected chi connectivity index (χ4v) is 1.27. The van der Waals surface area contributed by atoms with Gasteiger partial charge in [-0.25, -0.2) is 8.78 Å². The van der Waals surface area contributed by atoms with Crippen molar-refractivity contribution in [1.82, 2.24) is 5.32 Å². The molecule has 1 atom stereocenters. The van der Waals surface area contributed by atoms with Crippen LogP contribution in [-0.2, 0) is 9.53 Å². The lowest BCUT2D eigenvalue weighted by molar-refractivity contribution is -0.125. The zero-order valence-corrected chi connectivity index (χ0v) is 9.55. The van der Waals surface area contributed by atoms with Gasteiger partial charge in [0.1, 0.15) is 6.61 Å². The Morgan fingerprint density at radius 2 is 2.19 bits per heavy atom.